The molecular weight excluding hydrogens is 535 g/mol. The molecule has 8 nitrogen and oxygen atoms in total. The molecule has 0 radical (unpaired) electrons. The lowest BCUT2D eigenvalue weighted by atomic mass is 9.72. The number of hydrogen-bond acceptors (Lipinski definition) is 7. The lowest BCUT2D eigenvalue weighted by molar-refractivity contribution is -0.137. The molecule has 1 aliphatic carbocycles. The first-order valence-corrected chi connectivity index (χ1v) is 13.4. The van der Waals surface area contributed by atoms with Gasteiger partial charge in [-0.05, 0) is 68.4 Å². The fourth-order valence-electron chi connectivity index (χ4n) is 5.36. The maximum atomic E-state index is 13.3. The maximum Gasteiger partial charge on any atom is 0.416 e. The lowest BCUT2D eigenvalue weighted by Crippen LogP contribution is -2.35. The minimum absolute atomic E-state index is 0.0428. The van der Waals surface area contributed by atoms with E-state index < -0.39 is 17.7 Å². The summed E-state index contributed by atoms with van der Waals surface area (Å²) in [7, 11) is 2.81. The number of rotatable bonds is 8. The molecule has 2 heterocycles. The smallest absolute Gasteiger partial charge is 0.416 e. The number of halogens is 3. The van der Waals surface area contributed by atoms with Gasteiger partial charge in [0, 0.05) is 12.6 Å². The van der Waals surface area contributed by atoms with E-state index in [1.54, 1.807) is 7.11 Å². The summed E-state index contributed by atoms with van der Waals surface area (Å²) in [5, 5.41) is 3.49. The average Bonchev–Trinajstić information content (AvgIpc) is 3.28. The summed E-state index contributed by atoms with van der Waals surface area (Å²) >= 11 is 0. The first kappa shape index (κ1) is 28.4. The van der Waals surface area contributed by atoms with Crippen molar-refractivity contribution >= 4 is 23.0 Å². The number of ether oxygens (including phenoxy) is 2. The lowest BCUT2D eigenvalue weighted by Gasteiger charge is -2.37. The molecule has 0 bridgehead atoms. The Labute approximate surface area is 235 Å². The summed E-state index contributed by atoms with van der Waals surface area (Å²) in [6.45, 7) is 6.40. The largest absolute Gasteiger partial charge is 0.496 e. The first-order valence-electron chi connectivity index (χ1n) is 13.4. The van der Waals surface area contributed by atoms with Gasteiger partial charge in [0.2, 0.25) is 5.82 Å². The SMILES string of the molecule is COC(=O)c1nc(NC(C)C2CC(C)C2)c2c(n1)nc(-c1cc(C)ccc1OC)n2Cc1ccc(C(F)(F)F)cc1. The van der Waals surface area contributed by atoms with Crippen LogP contribution in [-0.2, 0) is 17.5 Å². The van der Waals surface area contributed by atoms with Crippen LogP contribution in [0.3, 0.4) is 0 Å². The van der Waals surface area contributed by atoms with Gasteiger partial charge >= 0.3 is 12.1 Å². The van der Waals surface area contributed by atoms with Gasteiger partial charge < -0.3 is 19.4 Å². The van der Waals surface area contributed by atoms with Crippen molar-refractivity contribution < 1.29 is 27.4 Å². The molecule has 1 fully saturated rings. The molecule has 5 rings (SSSR count). The molecule has 1 unspecified atom stereocenters. The Bertz CT molecular complexity index is 1580. The van der Waals surface area contributed by atoms with Gasteiger partial charge in [-0.1, -0.05) is 30.7 Å². The summed E-state index contributed by atoms with van der Waals surface area (Å²) in [4.78, 5) is 26.3. The minimum Gasteiger partial charge on any atom is -0.496 e. The van der Waals surface area contributed by atoms with Crippen molar-refractivity contribution in [2.75, 3.05) is 19.5 Å². The second-order valence-electron chi connectivity index (χ2n) is 10.7. The number of methoxy groups -OCH3 is 2. The normalized spacial score (nSPS) is 17.7. The monoisotopic (exact) mass is 567 g/mol. The Balaban J connectivity index is 1.71. The first-order chi connectivity index (χ1) is 19.5. The summed E-state index contributed by atoms with van der Waals surface area (Å²) in [6, 6.07) is 10.7. The highest BCUT2D eigenvalue weighted by atomic mass is 19.4. The molecule has 11 heteroatoms. The summed E-state index contributed by atoms with van der Waals surface area (Å²) < 4.78 is 52.2. The number of aromatic nitrogens is 4. The van der Waals surface area contributed by atoms with E-state index in [9.17, 15) is 18.0 Å². The topological polar surface area (TPSA) is 91.2 Å². The van der Waals surface area contributed by atoms with Gasteiger partial charge in [-0.15, -0.1) is 0 Å². The molecular formula is C30H32F3N5O3. The van der Waals surface area contributed by atoms with Crippen molar-refractivity contribution in [1.29, 1.82) is 0 Å². The molecule has 2 aromatic heterocycles. The Morgan fingerprint density at radius 1 is 1.10 bits per heavy atom. The van der Waals surface area contributed by atoms with Crippen molar-refractivity contribution in [3.63, 3.8) is 0 Å². The number of fused-ring (bicyclic) bond motifs is 1. The number of imidazole rings is 1. The molecule has 216 valence electrons. The van der Waals surface area contributed by atoms with Crippen molar-refractivity contribution in [3.05, 3.63) is 65.0 Å². The van der Waals surface area contributed by atoms with Crippen LogP contribution in [-0.4, -0.2) is 45.7 Å². The van der Waals surface area contributed by atoms with Gasteiger partial charge in [0.1, 0.15) is 17.1 Å². The third kappa shape index (κ3) is 5.71. The van der Waals surface area contributed by atoms with Crippen LogP contribution in [0.25, 0.3) is 22.6 Å². The van der Waals surface area contributed by atoms with Gasteiger partial charge in [-0.3, -0.25) is 0 Å². The van der Waals surface area contributed by atoms with Crippen LogP contribution in [0.1, 0.15) is 54.0 Å². The molecule has 41 heavy (non-hydrogen) atoms. The Morgan fingerprint density at radius 3 is 2.41 bits per heavy atom. The predicted octanol–water partition coefficient (Wildman–Crippen LogP) is 6.51. The number of benzene rings is 2. The van der Waals surface area contributed by atoms with Crippen LogP contribution in [0, 0.1) is 18.8 Å². The minimum atomic E-state index is -4.44. The van der Waals surface area contributed by atoms with Crippen molar-refractivity contribution in [2.24, 2.45) is 11.8 Å². The van der Waals surface area contributed by atoms with Gasteiger partial charge in [-0.25, -0.2) is 19.7 Å². The molecule has 2 aromatic carbocycles. The molecule has 0 spiro atoms. The highest BCUT2D eigenvalue weighted by Crippen LogP contribution is 2.39. The van der Waals surface area contributed by atoms with E-state index in [2.05, 4.69) is 29.1 Å². The number of nitrogens with zero attached hydrogens (tertiary/aromatic N) is 4. The van der Waals surface area contributed by atoms with Gasteiger partial charge in [0.05, 0.1) is 25.3 Å². The molecule has 0 aliphatic heterocycles. The second kappa shape index (κ2) is 11.0. The van der Waals surface area contributed by atoms with E-state index in [-0.39, 0.29) is 24.1 Å². The number of carbonyl (C=O) groups excluding carboxylic acids is 1. The number of alkyl halides is 3. The van der Waals surface area contributed by atoms with Crippen LogP contribution in [0.4, 0.5) is 19.0 Å². The maximum absolute atomic E-state index is 13.3. The molecule has 1 atom stereocenters. The van der Waals surface area contributed by atoms with Crippen molar-refractivity contribution in [2.45, 2.75) is 52.4 Å². The highest BCUT2D eigenvalue weighted by Gasteiger charge is 2.32. The van der Waals surface area contributed by atoms with Crippen LogP contribution in [0.5, 0.6) is 5.75 Å². The van der Waals surface area contributed by atoms with Crippen LogP contribution in [0.15, 0.2) is 42.5 Å². The third-order valence-corrected chi connectivity index (χ3v) is 7.67. The molecule has 1 N–H and O–H groups in total. The molecule has 0 amide bonds. The number of nitrogens with one attached hydrogen (secondary N) is 1. The number of hydrogen-bond donors (Lipinski definition) is 1. The van der Waals surface area contributed by atoms with Crippen LogP contribution in [0.2, 0.25) is 0 Å². The zero-order valence-electron chi connectivity index (χ0n) is 23.5. The molecule has 1 aliphatic rings. The van der Waals surface area contributed by atoms with Gasteiger partial charge in [0.25, 0.3) is 0 Å². The van der Waals surface area contributed by atoms with E-state index in [0.29, 0.717) is 45.9 Å². The standard InChI is InChI=1S/C30H32F3N5O3/c1-16-6-11-23(40-4)22(14-16)28-37-26-24(38(28)15-19-7-9-21(10-8-19)30(31,32)33)25(35-27(36-26)29(39)41-5)34-18(3)20-12-17(2)13-20/h6-11,14,17-18,20H,12-13,15H2,1-5H3,(H,34,35,36). The summed E-state index contributed by atoms with van der Waals surface area (Å²) in [5.74, 6) is 1.67. The van der Waals surface area contributed by atoms with E-state index in [4.69, 9.17) is 14.5 Å². The number of carbonyl (C=O) groups is 1. The Morgan fingerprint density at radius 2 is 1.80 bits per heavy atom. The predicted molar refractivity (Wildman–Crippen MR) is 149 cm³/mol. The van der Waals surface area contributed by atoms with E-state index in [0.717, 1.165) is 30.5 Å². The van der Waals surface area contributed by atoms with E-state index in [1.807, 2.05) is 29.7 Å². The molecule has 1 saturated carbocycles. The molecule has 4 aromatic rings. The zero-order chi connectivity index (χ0) is 29.5. The summed E-state index contributed by atoms with van der Waals surface area (Å²) in [6.07, 6.45) is -2.30. The number of aryl methyl sites for hydroxylation is 1. The Kier molecular flexibility index (Phi) is 7.63. The van der Waals surface area contributed by atoms with Gasteiger partial charge in [0.15, 0.2) is 11.5 Å². The molecule has 0 saturated heterocycles. The highest BCUT2D eigenvalue weighted by molar-refractivity contribution is 5.93. The Hall–Kier alpha value is -4.15. The fraction of sp³-hybridized carbons (Fsp3) is 0.400. The van der Waals surface area contributed by atoms with E-state index >= 15 is 0 Å². The number of anilines is 1. The third-order valence-electron chi connectivity index (χ3n) is 7.67. The quantitative estimate of drug-likeness (QED) is 0.243. The fourth-order valence-corrected chi connectivity index (χ4v) is 5.36. The summed E-state index contributed by atoms with van der Waals surface area (Å²) in [5.41, 5.74) is 2.30. The second-order valence-corrected chi connectivity index (χ2v) is 10.7. The average molecular weight is 568 g/mol. The van der Waals surface area contributed by atoms with Crippen molar-refractivity contribution in [1.82, 2.24) is 19.5 Å². The van der Waals surface area contributed by atoms with Crippen LogP contribution >= 0.6 is 0 Å². The van der Waals surface area contributed by atoms with Crippen molar-refractivity contribution in [3.8, 4) is 17.1 Å². The number of esters is 1. The zero-order valence-corrected chi connectivity index (χ0v) is 23.5. The van der Waals surface area contributed by atoms with Gasteiger partial charge in [-0.2, -0.15) is 13.2 Å². The van der Waals surface area contributed by atoms with E-state index in [1.165, 1.54) is 19.2 Å². The van der Waals surface area contributed by atoms with Crippen LogP contribution < -0.4 is 10.1 Å².